The molecule has 3 rings (SSSR count). The Bertz CT molecular complexity index is 664. The van der Waals surface area contributed by atoms with Crippen molar-refractivity contribution in [3.63, 3.8) is 0 Å². The Labute approximate surface area is 143 Å². The van der Waals surface area contributed by atoms with Crippen LogP contribution in [0.1, 0.15) is 43.1 Å². The van der Waals surface area contributed by atoms with Gasteiger partial charge in [-0.15, -0.1) is 0 Å². The maximum absolute atomic E-state index is 5.86. The Kier molecular flexibility index (Phi) is 4.94. The third-order valence-corrected chi connectivity index (χ3v) is 4.78. The third kappa shape index (κ3) is 3.64. The number of benzene rings is 1. The third-order valence-electron chi connectivity index (χ3n) is 4.78. The molecular formula is C18H26N6. The topological polar surface area (TPSA) is 71.2 Å². The van der Waals surface area contributed by atoms with E-state index in [4.69, 9.17) is 5.73 Å². The van der Waals surface area contributed by atoms with Gasteiger partial charge in [-0.1, -0.05) is 30.3 Å². The average Bonchev–Trinajstić information content (AvgIpc) is 2.61. The number of aromatic nitrogens is 3. The predicted octanol–water partition coefficient (Wildman–Crippen LogP) is 2.46. The molecule has 0 amide bonds. The van der Waals surface area contributed by atoms with Crippen LogP contribution in [0.15, 0.2) is 30.3 Å². The van der Waals surface area contributed by atoms with Crippen LogP contribution in [0.3, 0.4) is 0 Å². The fraction of sp³-hybridized carbons (Fsp3) is 0.500. The molecule has 2 heterocycles. The van der Waals surface area contributed by atoms with Gasteiger partial charge >= 0.3 is 0 Å². The molecule has 1 aromatic heterocycles. The van der Waals surface area contributed by atoms with Crippen LogP contribution in [0.5, 0.6) is 0 Å². The normalized spacial score (nSPS) is 17.6. The van der Waals surface area contributed by atoms with Crippen molar-refractivity contribution in [1.82, 2.24) is 19.9 Å². The lowest BCUT2D eigenvalue weighted by Gasteiger charge is -2.35. The van der Waals surface area contributed by atoms with Crippen LogP contribution in [-0.2, 0) is 0 Å². The number of hydrogen-bond acceptors (Lipinski definition) is 6. The highest BCUT2D eigenvalue weighted by Gasteiger charge is 2.26. The van der Waals surface area contributed by atoms with E-state index in [0.717, 1.165) is 31.8 Å². The van der Waals surface area contributed by atoms with Crippen molar-refractivity contribution < 1.29 is 0 Å². The second kappa shape index (κ2) is 7.13. The SMILES string of the molecule is C[C@@H](c1nc(N)nc(N(C)C)n1)N1CCC(c2ccccc2)CC1. The van der Waals surface area contributed by atoms with E-state index < -0.39 is 0 Å². The summed E-state index contributed by atoms with van der Waals surface area (Å²) in [6, 6.07) is 10.9. The minimum absolute atomic E-state index is 0.144. The number of nitrogen functional groups attached to an aromatic ring is 1. The molecule has 1 saturated heterocycles. The van der Waals surface area contributed by atoms with Crippen LogP contribution in [0.2, 0.25) is 0 Å². The van der Waals surface area contributed by atoms with Gasteiger partial charge in [-0.3, -0.25) is 4.90 Å². The van der Waals surface area contributed by atoms with Crippen molar-refractivity contribution in [2.45, 2.75) is 31.7 Å². The largest absolute Gasteiger partial charge is 0.368 e. The fourth-order valence-corrected chi connectivity index (χ4v) is 3.29. The summed E-state index contributed by atoms with van der Waals surface area (Å²) in [5, 5.41) is 0. The van der Waals surface area contributed by atoms with Gasteiger partial charge in [0.05, 0.1) is 6.04 Å². The van der Waals surface area contributed by atoms with Gasteiger partial charge in [0.15, 0.2) is 5.82 Å². The number of piperidine rings is 1. The van der Waals surface area contributed by atoms with E-state index in [2.05, 4.69) is 57.1 Å². The minimum Gasteiger partial charge on any atom is -0.368 e. The van der Waals surface area contributed by atoms with Crippen molar-refractivity contribution in [2.75, 3.05) is 37.8 Å². The van der Waals surface area contributed by atoms with Crippen molar-refractivity contribution in [1.29, 1.82) is 0 Å². The van der Waals surface area contributed by atoms with Crippen LogP contribution >= 0.6 is 0 Å². The van der Waals surface area contributed by atoms with Crippen LogP contribution in [0.4, 0.5) is 11.9 Å². The van der Waals surface area contributed by atoms with E-state index in [1.165, 1.54) is 5.56 Å². The highest BCUT2D eigenvalue weighted by atomic mass is 15.3. The van der Waals surface area contributed by atoms with Crippen molar-refractivity contribution in [3.05, 3.63) is 41.7 Å². The maximum atomic E-state index is 5.86. The fourth-order valence-electron chi connectivity index (χ4n) is 3.29. The zero-order valence-corrected chi connectivity index (χ0v) is 14.7. The van der Waals surface area contributed by atoms with Gasteiger partial charge in [0.1, 0.15) is 0 Å². The van der Waals surface area contributed by atoms with Crippen LogP contribution in [-0.4, -0.2) is 47.0 Å². The summed E-state index contributed by atoms with van der Waals surface area (Å²) in [6.45, 7) is 4.24. The number of nitrogens with zero attached hydrogens (tertiary/aromatic N) is 5. The molecule has 1 aromatic carbocycles. The first-order valence-corrected chi connectivity index (χ1v) is 8.52. The van der Waals surface area contributed by atoms with Gasteiger partial charge < -0.3 is 10.6 Å². The first-order chi connectivity index (χ1) is 11.5. The summed E-state index contributed by atoms with van der Waals surface area (Å²) in [5.74, 6) is 2.30. The van der Waals surface area contributed by atoms with Gasteiger partial charge in [0, 0.05) is 14.1 Å². The van der Waals surface area contributed by atoms with Crippen molar-refractivity contribution >= 4 is 11.9 Å². The van der Waals surface area contributed by atoms with Gasteiger partial charge in [-0.25, -0.2) is 0 Å². The Morgan fingerprint density at radius 1 is 1.08 bits per heavy atom. The molecule has 2 aromatic rings. The summed E-state index contributed by atoms with van der Waals surface area (Å²) < 4.78 is 0. The van der Waals surface area contributed by atoms with E-state index in [-0.39, 0.29) is 12.0 Å². The molecule has 1 fully saturated rings. The second-order valence-electron chi connectivity index (χ2n) is 6.64. The lowest BCUT2D eigenvalue weighted by atomic mass is 9.89. The molecule has 128 valence electrons. The summed E-state index contributed by atoms with van der Waals surface area (Å²) in [6.07, 6.45) is 2.32. The zero-order valence-electron chi connectivity index (χ0n) is 14.7. The van der Waals surface area contributed by atoms with Gasteiger partial charge in [-0.05, 0) is 44.3 Å². The predicted molar refractivity (Wildman–Crippen MR) is 97.0 cm³/mol. The summed E-state index contributed by atoms with van der Waals surface area (Å²) in [7, 11) is 3.82. The standard InChI is InChI=1S/C18H26N6/c1-13(16-20-17(19)22-18(21-16)23(2)3)24-11-9-15(10-12-24)14-7-5-4-6-8-14/h4-8,13,15H,9-12H2,1-3H3,(H2,19,20,21,22)/t13-/m0/s1. The molecule has 2 N–H and O–H groups in total. The van der Waals surface area contributed by atoms with E-state index in [1.807, 2.05) is 19.0 Å². The highest BCUT2D eigenvalue weighted by molar-refractivity contribution is 5.33. The van der Waals surface area contributed by atoms with Crippen molar-refractivity contribution in [2.24, 2.45) is 0 Å². The Balaban J connectivity index is 1.68. The number of anilines is 2. The summed E-state index contributed by atoms with van der Waals surface area (Å²) in [5.41, 5.74) is 7.30. The Morgan fingerprint density at radius 2 is 1.75 bits per heavy atom. The highest BCUT2D eigenvalue weighted by Crippen LogP contribution is 2.31. The van der Waals surface area contributed by atoms with Crippen LogP contribution < -0.4 is 10.6 Å². The maximum Gasteiger partial charge on any atom is 0.229 e. The molecule has 0 spiro atoms. The molecule has 0 unspecified atom stereocenters. The first kappa shape index (κ1) is 16.6. The lowest BCUT2D eigenvalue weighted by Crippen LogP contribution is -2.36. The zero-order chi connectivity index (χ0) is 17.1. The van der Waals surface area contributed by atoms with E-state index in [0.29, 0.717) is 11.9 Å². The number of hydrogen-bond donors (Lipinski definition) is 1. The number of nitrogens with two attached hydrogens (primary N) is 1. The Morgan fingerprint density at radius 3 is 2.38 bits per heavy atom. The summed E-state index contributed by atoms with van der Waals surface area (Å²) in [4.78, 5) is 17.4. The molecule has 1 aliphatic rings. The van der Waals surface area contributed by atoms with Crippen molar-refractivity contribution in [3.8, 4) is 0 Å². The van der Waals surface area contributed by atoms with E-state index >= 15 is 0 Å². The number of likely N-dealkylation sites (tertiary alicyclic amines) is 1. The van der Waals surface area contributed by atoms with E-state index in [1.54, 1.807) is 0 Å². The quantitative estimate of drug-likeness (QED) is 0.930. The molecular weight excluding hydrogens is 300 g/mol. The van der Waals surface area contributed by atoms with Gasteiger partial charge in [-0.2, -0.15) is 15.0 Å². The molecule has 24 heavy (non-hydrogen) atoms. The van der Waals surface area contributed by atoms with Crippen LogP contribution in [0, 0.1) is 0 Å². The molecule has 0 aliphatic carbocycles. The molecule has 0 bridgehead atoms. The molecule has 6 heteroatoms. The first-order valence-electron chi connectivity index (χ1n) is 8.52. The summed E-state index contributed by atoms with van der Waals surface area (Å²) >= 11 is 0. The molecule has 1 aliphatic heterocycles. The van der Waals surface area contributed by atoms with Gasteiger partial charge in [0.25, 0.3) is 0 Å². The molecule has 0 saturated carbocycles. The van der Waals surface area contributed by atoms with Crippen LogP contribution in [0.25, 0.3) is 0 Å². The minimum atomic E-state index is 0.144. The van der Waals surface area contributed by atoms with E-state index in [9.17, 15) is 0 Å². The Hall–Kier alpha value is -2.21. The smallest absolute Gasteiger partial charge is 0.229 e. The number of rotatable bonds is 4. The van der Waals surface area contributed by atoms with Gasteiger partial charge in [0.2, 0.25) is 11.9 Å². The molecule has 1 atom stereocenters. The second-order valence-corrected chi connectivity index (χ2v) is 6.64. The lowest BCUT2D eigenvalue weighted by molar-refractivity contribution is 0.157. The average molecular weight is 326 g/mol. The monoisotopic (exact) mass is 326 g/mol. The molecule has 0 radical (unpaired) electrons. The molecule has 6 nitrogen and oxygen atoms in total.